The molecule has 1 amide bonds. The number of benzene rings is 1. The number of rotatable bonds is 5. The van der Waals surface area contributed by atoms with Gasteiger partial charge in [-0.1, -0.05) is 36.3 Å². The van der Waals surface area contributed by atoms with Crippen LogP contribution in [0.5, 0.6) is 0 Å². The molecule has 1 aromatic rings. The van der Waals surface area contributed by atoms with Crippen LogP contribution in [0.15, 0.2) is 29.4 Å². The largest absolute Gasteiger partial charge is 0.409 e. The first kappa shape index (κ1) is 14.0. The molecule has 0 aliphatic carbocycles. The van der Waals surface area contributed by atoms with Crippen LogP contribution in [0.1, 0.15) is 24.5 Å². The molecule has 0 fully saturated rings. The summed E-state index contributed by atoms with van der Waals surface area (Å²) >= 11 is 0. The van der Waals surface area contributed by atoms with Gasteiger partial charge in [0.25, 0.3) is 0 Å². The van der Waals surface area contributed by atoms with Crippen molar-refractivity contribution in [2.24, 2.45) is 16.8 Å². The number of hydrogen-bond acceptors (Lipinski definition) is 3. The van der Waals surface area contributed by atoms with E-state index in [0.717, 1.165) is 11.1 Å². The molecule has 0 spiro atoms. The summed E-state index contributed by atoms with van der Waals surface area (Å²) in [7, 11) is 0. The minimum absolute atomic E-state index is 0.0558. The zero-order chi connectivity index (χ0) is 13.5. The van der Waals surface area contributed by atoms with E-state index in [-0.39, 0.29) is 11.7 Å². The Morgan fingerprint density at radius 1 is 1.50 bits per heavy atom. The highest BCUT2D eigenvalue weighted by atomic mass is 16.4. The van der Waals surface area contributed by atoms with Crippen LogP contribution in [0, 0.1) is 12.8 Å². The standard InChI is InChI=1S/C13H19N3O2/c1-3-11(12(14)16-18)13(17)15-8-10-7-5-4-6-9(10)2/h4-7,11,18H,3,8H2,1-2H3,(H2,14,16)(H,15,17). The van der Waals surface area contributed by atoms with Crippen molar-refractivity contribution < 1.29 is 10.0 Å². The molecule has 1 rings (SSSR count). The molecule has 18 heavy (non-hydrogen) atoms. The highest BCUT2D eigenvalue weighted by Gasteiger charge is 2.20. The van der Waals surface area contributed by atoms with Crippen LogP contribution in [-0.2, 0) is 11.3 Å². The van der Waals surface area contributed by atoms with E-state index >= 15 is 0 Å². The molecule has 5 nitrogen and oxygen atoms in total. The van der Waals surface area contributed by atoms with Crippen molar-refractivity contribution in [1.29, 1.82) is 0 Å². The first-order valence-corrected chi connectivity index (χ1v) is 5.89. The third-order valence-corrected chi connectivity index (χ3v) is 2.91. The maximum atomic E-state index is 11.9. The summed E-state index contributed by atoms with van der Waals surface area (Å²) in [6.07, 6.45) is 0.496. The van der Waals surface area contributed by atoms with Crippen molar-refractivity contribution >= 4 is 11.7 Å². The smallest absolute Gasteiger partial charge is 0.231 e. The van der Waals surface area contributed by atoms with Crippen LogP contribution in [0.3, 0.4) is 0 Å². The molecule has 98 valence electrons. The number of nitrogens with zero attached hydrogens (tertiary/aromatic N) is 1. The Labute approximate surface area is 107 Å². The van der Waals surface area contributed by atoms with Crippen molar-refractivity contribution in [3.63, 3.8) is 0 Å². The summed E-state index contributed by atoms with van der Waals surface area (Å²) < 4.78 is 0. The second kappa shape index (κ2) is 6.64. The third-order valence-electron chi connectivity index (χ3n) is 2.91. The number of amidine groups is 1. The van der Waals surface area contributed by atoms with Gasteiger partial charge < -0.3 is 16.3 Å². The molecule has 4 N–H and O–H groups in total. The molecule has 0 aliphatic rings. The second-order valence-electron chi connectivity index (χ2n) is 4.13. The van der Waals surface area contributed by atoms with E-state index in [0.29, 0.717) is 13.0 Å². The number of amides is 1. The Morgan fingerprint density at radius 3 is 2.72 bits per heavy atom. The topological polar surface area (TPSA) is 87.7 Å². The zero-order valence-corrected chi connectivity index (χ0v) is 10.7. The highest BCUT2D eigenvalue weighted by molar-refractivity contribution is 6.01. The van der Waals surface area contributed by atoms with Crippen LogP contribution in [-0.4, -0.2) is 17.0 Å². The number of nitrogens with two attached hydrogens (primary N) is 1. The summed E-state index contributed by atoms with van der Waals surface area (Å²) in [6, 6.07) is 7.82. The molecule has 0 saturated heterocycles. The van der Waals surface area contributed by atoms with Crippen molar-refractivity contribution in [3.8, 4) is 0 Å². The number of oxime groups is 1. The maximum absolute atomic E-state index is 11.9. The van der Waals surface area contributed by atoms with Gasteiger partial charge in [-0.2, -0.15) is 0 Å². The molecule has 0 radical (unpaired) electrons. The molecule has 0 aliphatic heterocycles. The predicted molar refractivity (Wildman–Crippen MR) is 70.2 cm³/mol. The lowest BCUT2D eigenvalue weighted by molar-refractivity contribution is -0.123. The fourth-order valence-electron chi connectivity index (χ4n) is 1.71. The van der Waals surface area contributed by atoms with Gasteiger partial charge in [0.2, 0.25) is 5.91 Å². The van der Waals surface area contributed by atoms with E-state index in [4.69, 9.17) is 10.9 Å². The minimum Gasteiger partial charge on any atom is -0.409 e. The molecule has 1 unspecified atom stereocenters. The molecule has 1 atom stereocenters. The Kier molecular flexibility index (Phi) is 5.17. The van der Waals surface area contributed by atoms with Gasteiger partial charge in [-0.15, -0.1) is 0 Å². The molecule has 0 saturated carbocycles. The molecule has 5 heteroatoms. The van der Waals surface area contributed by atoms with Crippen molar-refractivity contribution in [1.82, 2.24) is 5.32 Å². The number of hydrogen-bond donors (Lipinski definition) is 3. The Bertz CT molecular complexity index is 444. The second-order valence-corrected chi connectivity index (χ2v) is 4.13. The fourth-order valence-corrected chi connectivity index (χ4v) is 1.71. The third kappa shape index (κ3) is 3.48. The maximum Gasteiger partial charge on any atom is 0.231 e. The van der Waals surface area contributed by atoms with E-state index < -0.39 is 5.92 Å². The van der Waals surface area contributed by atoms with E-state index in [1.165, 1.54) is 0 Å². The van der Waals surface area contributed by atoms with Gasteiger partial charge in [-0.25, -0.2) is 0 Å². The van der Waals surface area contributed by atoms with Crippen LogP contribution < -0.4 is 11.1 Å². The Hall–Kier alpha value is -2.04. The predicted octanol–water partition coefficient (Wildman–Crippen LogP) is 1.38. The minimum atomic E-state index is -0.584. The summed E-state index contributed by atoms with van der Waals surface area (Å²) in [4.78, 5) is 11.9. The summed E-state index contributed by atoms with van der Waals surface area (Å²) in [5.74, 6) is -0.866. The lowest BCUT2D eigenvalue weighted by Crippen LogP contribution is -2.38. The van der Waals surface area contributed by atoms with Crippen LogP contribution in [0.25, 0.3) is 0 Å². The molecular formula is C13H19N3O2. The Morgan fingerprint density at radius 2 is 2.17 bits per heavy atom. The fraction of sp³-hybridized carbons (Fsp3) is 0.385. The van der Waals surface area contributed by atoms with Crippen molar-refractivity contribution in [2.75, 3.05) is 0 Å². The molecular weight excluding hydrogens is 230 g/mol. The number of nitrogens with one attached hydrogen (secondary N) is 1. The molecule has 0 aromatic heterocycles. The van der Waals surface area contributed by atoms with E-state index in [2.05, 4.69) is 10.5 Å². The molecule has 0 heterocycles. The van der Waals surface area contributed by atoms with Gasteiger partial charge in [-0.05, 0) is 24.5 Å². The van der Waals surface area contributed by atoms with Crippen molar-refractivity contribution in [3.05, 3.63) is 35.4 Å². The van der Waals surface area contributed by atoms with E-state index in [1.54, 1.807) is 0 Å². The van der Waals surface area contributed by atoms with Crippen molar-refractivity contribution in [2.45, 2.75) is 26.8 Å². The summed E-state index contributed by atoms with van der Waals surface area (Å²) in [5.41, 5.74) is 7.64. The monoisotopic (exact) mass is 249 g/mol. The zero-order valence-electron chi connectivity index (χ0n) is 10.7. The van der Waals surface area contributed by atoms with E-state index in [1.807, 2.05) is 38.1 Å². The van der Waals surface area contributed by atoms with Gasteiger partial charge >= 0.3 is 0 Å². The first-order chi connectivity index (χ1) is 8.60. The average molecular weight is 249 g/mol. The van der Waals surface area contributed by atoms with Crippen LogP contribution >= 0.6 is 0 Å². The van der Waals surface area contributed by atoms with Gasteiger partial charge in [0, 0.05) is 6.54 Å². The van der Waals surface area contributed by atoms with Gasteiger partial charge in [-0.3, -0.25) is 4.79 Å². The lowest BCUT2D eigenvalue weighted by atomic mass is 10.0. The average Bonchev–Trinajstić information content (AvgIpc) is 2.38. The molecule has 1 aromatic carbocycles. The van der Waals surface area contributed by atoms with Gasteiger partial charge in [0.1, 0.15) is 0 Å². The van der Waals surface area contributed by atoms with Crippen LogP contribution in [0.2, 0.25) is 0 Å². The van der Waals surface area contributed by atoms with Gasteiger partial charge in [0.05, 0.1) is 5.92 Å². The van der Waals surface area contributed by atoms with Gasteiger partial charge in [0.15, 0.2) is 5.84 Å². The van der Waals surface area contributed by atoms with E-state index in [9.17, 15) is 4.79 Å². The number of aryl methyl sites for hydroxylation is 1. The summed E-state index contributed by atoms with van der Waals surface area (Å²) in [6.45, 7) is 4.25. The van der Waals surface area contributed by atoms with Crippen LogP contribution in [0.4, 0.5) is 0 Å². The highest BCUT2D eigenvalue weighted by Crippen LogP contribution is 2.08. The lowest BCUT2D eigenvalue weighted by Gasteiger charge is -2.14. The SMILES string of the molecule is CCC(C(=O)NCc1ccccc1C)C(N)=NO. The quantitative estimate of drug-likeness (QED) is 0.319. The molecule has 0 bridgehead atoms. The first-order valence-electron chi connectivity index (χ1n) is 5.89. The Balaban J connectivity index is 2.63. The number of carbonyl (C=O) groups is 1. The summed E-state index contributed by atoms with van der Waals surface area (Å²) in [5, 5.41) is 14.3. The number of carbonyl (C=O) groups excluding carboxylic acids is 1. The normalized spacial score (nSPS) is 13.1.